The Morgan fingerprint density at radius 3 is 2.94 bits per heavy atom. The number of benzene rings is 1. The highest BCUT2D eigenvalue weighted by atomic mass is 79.9. The Morgan fingerprint density at radius 2 is 2.24 bits per heavy atom. The van der Waals surface area contributed by atoms with Gasteiger partial charge < -0.3 is 5.32 Å². The summed E-state index contributed by atoms with van der Waals surface area (Å²) >= 11 is 3.34. The third-order valence-electron chi connectivity index (χ3n) is 2.36. The number of aromatic amines is 1. The first kappa shape index (κ1) is 12.1. The van der Waals surface area contributed by atoms with E-state index in [1.807, 2.05) is 6.07 Å². The first-order chi connectivity index (χ1) is 8.20. The Morgan fingerprint density at radius 1 is 1.41 bits per heavy atom. The molecule has 0 aliphatic rings. The van der Waals surface area contributed by atoms with E-state index in [4.69, 9.17) is 0 Å². The molecule has 5 heteroatoms. The van der Waals surface area contributed by atoms with Crippen molar-refractivity contribution in [2.45, 2.75) is 13.3 Å². The van der Waals surface area contributed by atoms with E-state index in [1.54, 1.807) is 6.07 Å². The maximum atomic E-state index is 13.0. The van der Waals surface area contributed by atoms with E-state index in [-0.39, 0.29) is 5.82 Å². The number of hydrogen-bond acceptors (Lipinski definition) is 2. The Kier molecular flexibility index (Phi) is 3.78. The van der Waals surface area contributed by atoms with Crippen molar-refractivity contribution >= 4 is 21.7 Å². The SMILES string of the molecule is CCCNc1cc(-c2ccc(F)cc2Br)[nH]n1. The van der Waals surface area contributed by atoms with E-state index >= 15 is 0 Å². The van der Waals surface area contributed by atoms with Crippen LogP contribution < -0.4 is 5.32 Å². The van der Waals surface area contributed by atoms with Crippen LogP contribution in [0.3, 0.4) is 0 Å². The molecule has 0 saturated heterocycles. The van der Waals surface area contributed by atoms with Crippen LogP contribution in [-0.2, 0) is 0 Å². The number of H-pyrrole nitrogens is 1. The van der Waals surface area contributed by atoms with Crippen molar-refractivity contribution in [2.75, 3.05) is 11.9 Å². The van der Waals surface area contributed by atoms with Crippen LogP contribution in [-0.4, -0.2) is 16.7 Å². The second kappa shape index (κ2) is 5.31. The molecular weight excluding hydrogens is 285 g/mol. The van der Waals surface area contributed by atoms with Gasteiger partial charge in [0.25, 0.3) is 0 Å². The van der Waals surface area contributed by atoms with Gasteiger partial charge in [-0.3, -0.25) is 5.10 Å². The first-order valence-corrected chi connectivity index (χ1v) is 6.24. The molecule has 0 aliphatic carbocycles. The summed E-state index contributed by atoms with van der Waals surface area (Å²) in [5.41, 5.74) is 1.75. The van der Waals surface area contributed by atoms with Crippen molar-refractivity contribution in [3.63, 3.8) is 0 Å². The normalized spacial score (nSPS) is 10.5. The number of rotatable bonds is 4. The van der Waals surface area contributed by atoms with Gasteiger partial charge in [0.15, 0.2) is 0 Å². The number of aromatic nitrogens is 2. The van der Waals surface area contributed by atoms with E-state index in [1.165, 1.54) is 12.1 Å². The van der Waals surface area contributed by atoms with Gasteiger partial charge in [0, 0.05) is 22.6 Å². The van der Waals surface area contributed by atoms with Gasteiger partial charge in [-0.15, -0.1) is 0 Å². The van der Waals surface area contributed by atoms with Gasteiger partial charge >= 0.3 is 0 Å². The zero-order chi connectivity index (χ0) is 12.3. The molecule has 2 N–H and O–H groups in total. The minimum Gasteiger partial charge on any atom is -0.369 e. The maximum absolute atomic E-state index is 13.0. The molecule has 1 aromatic heterocycles. The summed E-state index contributed by atoms with van der Waals surface area (Å²) in [5.74, 6) is 0.544. The lowest BCUT2D eigenvalue weighted by molar-refractivity contribution is 0.627. The predicted octanol–water partition coefficient (Wildman–Crippen LogP) is 3.80. The maximum Gasteiger partial charge on any atom is 0.148 e. The van der Waals surface area contributed by atoms with Crippen molar-refractivity contribution in [1.82, 2.24) is 10.2 Å². The summed E-state index contributed by atoms with van der Waals surface area (Å²) in [7, 11) is 0. The molecular formula is C12H13BrFN3. The van der Waals surface area contributed by atoms with Crippen LogP contribution in [0.2, 0.25) is 0 Å². The van der Waals surface area contributed by atoms with Gasteiger partial charge in [-0.2, -0.15) is 5.10 Å². The highest BCUT2D eigenvalue weighted by Gasteiger charge is 2.07. The van der Waals surface area contributed by atoms with E-state index in [2.05, 4.69) is 38.4 Å². The van der Waals surface area contributed by atoms with Gasteiger partial charge in [-0.25, -0.2) is 4.39 Å². The lowest BCUT2D eigenvalue weighted by atomic mass is 10.1. The molecule has 2 aromatic rings. The summed E-state index contributed by atoms with van der Waals surface area (Å²) in [6, 6.07) is 6.50. The molecule has 0 unspecified atom stereocenters. The molecule has 0 spiro atoms. The molecule has 0 radical (unpaired) electrons. The van der Waals surface area contributed by atoms with Crippen LogP contribution >= 0.6 is 15.9 Å². The van der Waals surface area contributed by atoms with Crippen LogP contribution in [0, 0.1) is 5.82 Å². The molecule has 17 heavy (non-hydrogen) atoms. The van der Waals surface area contributed by atoms with Crippen LogP contribution in [0.1, 0.15) is 13.3 Å². The summed E-state index contributed by atoms with van der Waals surface area (Å²) in [6.45, 7) is 2.98. The first-order valence-electron chi connectivity index (χ1n) is 5.45. The van der Waals surface area contributed by atoms with Crippen LogP contribution in [0.25, 0.3) is 11.3 Å². The molecule has 90 valence electrons. The lowest BCUT2D eigenvalue weighted by Gasteiger charge is -2.00. The van der Waals surface area contributed by atoms with Crippen molar-refractivity contribution in [1.29, 1.82) is 0 Å². The number of nitrogens with zero attached hydrogens (tertiary/aromatic N) is 1. The zero-order valence-electron chi connectivity index (χ0n) is 9.43. The standard InChI is InChI=1S/C12H13BrFN3/c1-2-5-15-12-7-11(16-17-12)9-4-3-8(14)6-10(9)13/h3-4,6-7H,2,5H2,1H3,(H2,15,16,17). The molecule has 2 rings (SSSR count). The summed E-state index contributed by atoms with van der Waals surface area (Å²) in [6.07, 6.45) is 1.04. The van der Waals surface area contributed by atoms with Crippen molar-refractivity contribution in [3.8, 4) is 11.3 Å². The van der Waals surface area contributed by atoms with Gasteiger partial charge in [-0.1, -0.05) is 6.92 Å². The minimum atomic E-state index is -0.260. The smallest absolute Gasteiger partial charge is 0.148 e. The molecule has 0 fully saturated rings. The van der Waals surface area contributed by atoms with E-state index in [9.17, 15) is 4.39 Å². The average Bonchev–Trinajstić information content (AvgIpc) is 2.75. The quantitative estimate of drug-likeness (QED) is 0.901. The second-order valence-electron chi connectivity index (χ2n) is 3.72. The molecule has 0 saturated carbocycles. The Labute approximate surface area is 108 Å². The fourth-order valence-corrected chi connectivity index (χ4v) is 2.08. The summed E-state index contributed by atoms with van der Waals surface area (Å²) < 4.78 is 13.7. The second-order valence-corrected chi connectivity index (χ2v) is 4.57. The Bertz CT molecular complexity index is 510. The topological polar surface area (TPSA) is 40.7 Å². The molecule has 0 atom stereocenters. The van der Waals surface area contributed by atoms with Crippen LogP contribution in [0.5, 0.6) is 0 Å². The fourth-order valence-electron chi connectivity index (χ4n) is 1.51. The number of hydrogen-bond donors (Lipinski definition) is 2. The summed E-state index contributed by atoms with van der Waals surface area (Å²) in [4.78, 5) is 0. The number of nitrogens with one attached hydrogen (secondary N) is 2. The van der Waals surface area contributed by atoms with E-state index < -0.39 is 0 Å². The van der Waals surface area contributed by atoms with Crippen molar-refractivity contribution < 1.29 is 4.39 Å². The monoisotopic (exact) mass is 297 g/mol. The molecule has 0 bridgehead atoms. The molecule has 0 amide bonds. The van der Waals surface area contributed by atoms with Crippen molar-refractivity contribution in [2.24, 2.45) is 0 Å². The highest BCUT2D eigenvalue weighted by Crippen LogP contribution is 2.28. The van der Waals surface area contributed by atoms with E-state index in [0.29, 0.717) is 4.47 Å². The van der Waals surface area contributed by atoms with Crippen LogP contribution in [0.15, 0.2) is 28.7 Å². The molecule has 3 nitrogen and oxygen atoms in total. The molecule has 1 heterocycles. The predicted molar refractivity (Wildman–Crippen MR) is 70.5 cm³/mol. The average molecular weight is 298 g/mol. The van der Waals surface area contributed by atoms with Gasteiger partial charge in [0.1, 0.15) is 11.6 Å². The van der Waals surface area contributed by atoms with Crippen LogP contribution in [0.4, 0.5) is 10.2 Å². The molecule has 0 aliphatic heterocycles. The fraction of sp³-hybridized carbons (Fsp3) is 0.250. The lowest BCUT2D eigenvalue weighted by Crippen LogP contribution is -1.99. The largest absolute Gasteiger partial charge is 0.369 e. The third kappa shape index (κ3) is 2.85. The number of anilines is 1. The highest BCUT2D eigenvalue weighted by molar-refractivity contribution is 9.10. The minimum absolute atomic E-state index is 0.260. The Balaban J connectivity index is 2.24. The summed E-state index contributed by atoms with van der Waals surface area (Å²) in [5, 5.41) is 10.3. The Hall–Kier alpha value is -1.36. The third-order valence-corrected chi connectivity index (χ3v) is 3.01. The van der Waals surface area contributed by atoms with Gasteiger partial charge in [0.2, 0.25) is 0 Å². The molecule has 1 aromatic carbocycles. The van der Waals surface area contributed by atoms with Gasteiger partial charge in [-0.05, 0) is 40.5 Å². The number of halogens is 2. The van der Waals surface area contributed by atoms with E-state index in [0.717, 1.165) is 30.0 Å². The van der Waals surface area contributed by atoms with Crippen molar-refractivity contribution in [3.05, 3.63) is 34.6 Å². The zero-order valence-corrected chi connectivity index (χ0v) is 11.0. The van der Waals surface area contributed by atoms with Gasteiger partial charge in [0.05, 0.1) is 5.69 Å².